The van der Waals surface area contributed by atoms with Gasteiger partial charge in [-0.1, -0.05) is 28.9 Å². The first-order valence-corrected chi connectivity index (χ1v) is 4.85. The summed E-state index contributed by atoms with van der Waals surface area (Å²) in [5.41, 5.74) is 8.72. The topological polar surface area (TPSA) is 74.5 Å². The minimum Gasteiger partial charge on any atom is -0.226 e. The molecule has 0 aliphatic heterocycles. The highest BCUT2D eigenvalue weighted by Crippen LogP contribution is 2.15. The Morgan fingerprint density at radius 3 is 3.00 bits per heavy atom. The van der Waals surface area contributed by atoms with Crippen LogP contribution in [-0.4, -0.2) is 16.5 Å². The van der Waals surface area contributed by atoms with Crippen molar-refractivity contribution in [3.63, 3.8) is 0 Å². The fourth-order valence-electron chi connectivity index (χ4n) is 0.850. The van der Waals surface area contributed by atoms with Crippen LogP contribution in [0.2, 0.25) is 10.4 Å². The molecule has 0 atom stereocenters. The predicted octanol–water partition coefficient (Wildman–Crippen LogP) is 3.50. The van der Waals surface area contributed by atoms with Crippen LogP contribution in [0.5, 0.6) is 0 Å². The molecule has 0 aliphatic carbocycles. The van der Waals surface area contributed by atoms with Gasteiger partial charge in [-0.2, -0.15) is 0 Å². The third kappa shape index (κ3) is 4.16. The number of nitrogens with zero attached hydrogens (tertiary/aromatic N) is 5. The Morgan fingerprint density at radius 2 is 2.33 bits per heavy atom. The minimum atomic E-state index is 0.117. The fraction of sp³-hybridized carbons (Fsp3) is 0.250. The van der Waals surface area contributed by atoms with Gasteiger partial charge in [0.1, 0.15) is 5.15 Å². The molecule has 0 N–H and O–H groups in total. The van der Waals surface area contributed by atoms with Gasteiger partial charge < -0.3 is 0 Å². The Hall–Kier alpha value is -1.29. The highest BCUT2D eigenvalue weighted by molar-refractivity contribution is 6.32. The normalized spacial score (nSPS) is 10.3. The van der Waals surface area contributed by atoms with E-state index in [0.29, 0.717) is 23.7 Å². The van der Waals surface area contributed by atoms with Gasteiger partial charge in [-0.3, -0.25) is 0 Å². The van der Waals surface area contributed by atoms with Gasteiger partial charge in [0.25, 0.3) is 0 Å². The third-order valence-corrected chi connectivity index (χ3v) is 1.98. The van der Waals surface area contributed by atoms with Gasteiger partial charge in [0.05, 0.1) is 0 Å². The first-order chi connectivity index (χ1) is 7.24. The van der Waals surface area contributed by atoms with Gasteiger partial charge in [-0.15, -0.1) is 0 Å². The highest BCUT2D eigenvalue weighted by Gasteiger charge is 1.99. The number of rotatable bonds is 4. The second-order valence-corrected chi connectivity index (χ2v) is 3.23. The molecule has 0 amide bonds. The van der Waals surface area contributed by atoms with Gasteiger partial charge in [0, 0.05) is 23.2 Å². The maximum absolute atomic E-state index is 8.04. The van der Waals surface area contributed by atoms with Crippen molar-refractivity contribution in [1.29, 1.82) is 0 Å². The van der Waals surface area contributed by atoms with Crippen molar-refractivity contribution < 1.29 is 0 Å². The van der Waals surface area contributed by atoms with Crippen LogP contribution in [-0.2, 0) is 0 Å². The second kappa shape index (κ2) is 6.24. The Morgan fingerprint density at radius 1 is 1.53 bits per heavy atom. The fourth-order valence-corrected chi connectivity index (χ4v) is 1.22. The zero-order valence-corrected chi connectivity index (χ0v) is 9.15. The molecule has 7 heteroatoms. The van der Waals surface area contributed by atoms with Gasteiger partial charge in [0.2, 0.25) is 5.28 Å². The monoisotopic (exact) mass is 243 g/mol. The van der Waals surface area contributed by atoms with E-state index in [0.717, 1.165) is 0 Å². The first kappa shape index (κ1) is 11.8. The zero-order chi connectivity index (χ0) is 11.1. The van der Waals surface area contributed by atoms with E-state index < -0.39 is 0 Å². The summed E-state index contributed by atoms with van der Waals surface area (Å²) in [6.07, 6.45) is 5.75. The SMILES string of the molecule is [N-]=[N+]=NCCC=Cc1cnc(Cl)nc1Cl. The Labute approximate surface area is 96.4 Å². The van der Waals surface area contributed by atoms with Crippen LogP contribution in [0.3, 0.4) is 0 Å². The number of azide groups is 1. The summed E-state index contributed by atoms with van der Waals surface area (Å²) in [5.74, 6) is 0. The van der Waals surface area contributed by atoms with Crippen molar-refractivity contribution >= 4 is 29.3 Å². The molecule has 1 rings (SSSR count). The second-order valence-electron chi connectivity index (χ2n) is 2.53. The molecule has 78 valence electrons. The summed E-state index contributed by atoms with van der Waals surface area (Å²) in [6, 6.07) is 0. The number of aromatic nitrogens is 2. The third-order valence-electron chi connectivity index (χ3n) is 1.50. The number of hydrogen-bond donors (Lipinski definition) is 0. The lowest BCUT2D eigenvalue weighted by Crippen LogP contribution is -1.86. The molecule has 0 fully saturated rings. The molecule has 1 heterocycles. The molecule has 0 spiro atoms. The number of halogens is 2. The van der Waals surface area contributed by atoms with Crippen LogP contribution in [0.15, 0.2) is 17.4 Å². The Kier molecular flexibility index (Phi) is 4.90. The molecule has 0 saturated heterocycles. The summed E-state index contributed by atoms with van der Waals surface area (Å²) in [6.45, 7) is 0.416. The highest BCUT2D eigenvalue weighted by atomic mass is 35.5. The van der Waals surface area contributed by atoms with E-state index in [2.05, 4.69) is 20.0 Å². The summed E-state index contributed by atoms with van der Waals surface area (Å²) in [5, 5.41) is 3.80. The van der Waals surface area contributed by atoms with Crippen molar-refractivity contribution in [2.45, 2.75) is 6.42 Å². The maximum atomic E-state index is 8.04. The van der Waals surface area contributed by atoms with Crippen molar-refractivity contribution in [2.75, 3.05) is 6.54 Å². The van der Waals surface area contributed by atoms with Crippen molar-refractivity contribution in [2.24, 2.45) is 5.11 Å². The molecular weight excluding hydrogens is 237 g/mol. The lowest BCUT2D eigenvalue weighted by molar-refractivity contribution is 0.995. The molecule has 0 bridgehead atoms. The molecule has 5 nitrogen and oxygen atoms in total. The standard InChI is InChI=1S/C8H7Cl2N5/c9-7-6(5-12-8(10)14-7)3-1-2-4-13-15-11/h1,3,5H,2,4H2. The van der Waals surface area contributed by atoms with Crippen molar-refractivity contribution in [1.82, 2.24) is 9.97 Å². The summed E-state index contributed by atoms with van der Waals surface area (Å²) in [7, 11) is 0. The van der Waals surface area contributed by atoms with Crippen LogP contribution in [0.4, 0.5) is 0 Å². The van der Waals surface area contributed by atoms with Crippen LogP contribution < -0.4 is 0 Å². The van der Waals surface area contributed by atoms with Gasteiger partial charge >= 0.3 is 0 Å². The van der Waals surface area contributed by atoms with E-state index in [-0.39, 0.29) is 5.28 Å². The van der Waals surface area contributed by atoms with E-state index in [1.807, 2.05) is 6.08 Å². The average molecular weight is 244 g/mol. The summed E-state index contributed by atoms with van der Waals surface area (Å²) in [4.78, 5) is 10.2. The van der Waals surface area contributed by atoms with E-state index >= 15 is 0 Å². The lowest BCUT2D eigenvalue weighted by atomic mass is 10.3. The first-order valence-electron chi connectivity index (χ1n) is 4.09. The quantitative estimate of drug-likeness (QED) is 0.203. The molecule has 0 radical (unpaired) electrons. The van der Waals surface area contributed by atoms with E-state index in [1.165, 1.54) is 6.20 Å². The van der Waals surface area contributed by atoms with E-state index in [1.54, 1.807) is 6.08 Å². The van der Waals surface area contributed by atoms with E-state index in [4.69, 9.17) is 28.7 Å². The Bertz CT molecular complexity index is 411. The molecule has 0 saturated carbocycles. The van der Waals surface area contributed by atoms with Crippen LogP contribution in [0, 0.1) is 0 Å². The minimum absolute atomic E-state index is 0.117. The molecule has 1 aromatic rings. The lowest BCUT2D eigenvalue weighted by Gasteiger charge is -1.96. The zero-order valence-electron chi connectivity index (χ0n) is 7.64. The van der Waals surface area contributed by atoms with Crippen molar-refractivity contribution in [3.8, 4) is 0 Å². The predicted molar refractivity (Wildman–Crippen MR) is 59.7 cm³/mol. The van der Waals surface area contributed by atoms with Gasteiger partial charge in [-0.25, -0.2) is 9.97 Å². The molecule has 0 aliphatic rings. The molecule has 0 unspecified atom stereocenters. The van der Waals surface area contributed by atoms with Crippen LogP contribution in [0.1, 0.15) is 12.0 Å². The largest absolute Gasteiger partial charge is 0.226 e. The van der Waals surface area contributed by atoms with Crippen molar-refractivity contribution in [3.05, 3.63) is 38.7 Å². The van der Waals surface area contributed by atoms with E-state index in [9.17, 15) is 0 Å². The molecule has 0 aromatic carbocycles. The molecule has 1 aromatic heterocycles. The number of hydrogen-bond acceptors (Lipinski definition) is 3. The van der Waals surface area contributed by atoms with Gasteiger partial charge in [0.15, 0.2) is 0 Å². The Balaban J connectivity index is 2.60. The summed E-state index contributed by atoms with van der Waals surface area (Å²) < 4.78 is 0. The van der Waals surface area contributed by atoms with Gasteiger partial charge in [-0.05, 0) is 23.6 Å². The smallest absolute Gasteiger partial charge is 0.223 e. The van der Waals surface area contributed by atoms with Crippen LogP contribution in [0.25, 0.3) is 16.5 Å². The van der Waals surface area contributed by atoms with Crippen LogP contribution >= 0.6 is 23.2 Å². The molecule has 15 heavy (non-hydrogen) atoms. The molecular formula is C8H7Cl2N5. The summed E-state index contributed by atoms with van der Waals surface area (Å²) >= 11 is 11.3. The maximum Gasteiger partial charge on any atom is 0.223 e. The average Bonchev–Trinajstić information content (AvgIpc) is 2.20.